The Morgan fingerprint density at radius 1 is 1.42 bits per heavy atom. The van der Waals surface area contributed by atoms with Gasteiger partial charge in [0.2, 0.25) is 5.43 Å². The molecule has 0 radical (unpaired) electrons. The van der Waals surface area contributed by atoms with E-state index in [1.807, 2.05) is 23.6 Å². The number of pyridine rings is 1. The number of aryl methyl sites for hydroxylation is 1. The lowest BCUT2D eigenvalue weighted by molar-refractivity contribution is 0.782. The summed E-state index contributed by atoms with van der Waals surface area (Å²) in [5.41, 5.74) is 8.41. The van der Waals surface area contributed by atoms with E-state index < -0.39 is 0 Å². The van der Waals surface area contributed by atoms with Crippen LogP contribution in [0.25, 0.3) is 0 Å². The number of aromatic nitrogens is 1. The van der Waals surface area contributed by atoms with Gasteiger partial charge in [-0.3, -0.25) is 4.79 Å². The Labute approximate surface area is 119 Å². The molecule has 1 aromatic carbocycles. The topological polar surface area (TPSA) is 71.8 Å². The Bertz CT molecular complexity index is 702. The molecule has 5 heteroatoms. The molecule has 0 bridgehead atoms. The molecule has 96 valence electrons. The highest BCUT2D eigenvalue weighted by atomic mass is 79.9. The summed E-state index contributed by atoms with van der Waals surface area (Å²) in [5.74, 6) is 0. The summed E-state index contributed by atoms with van der Waals surface area (Å²) in [6.45, 7) is 2.55. The molecule has 2 aromatic rings. The minimum Gasteiger partial charge on any atom is -0.394 e. The first-order chi connectivity index (χ1) is 9.01. The molecule has 0 saturated carbocycles. The van der Waals surface area contributed by atoms with Crippen LogP contribution >= 0.6 is 15.9 Å². The molecule has 0 aliphatic rings. The fourth-order valence-electron chi connectivity index (χ4n) is 1.85. The van der Waals surface area contributed by atoms with Gasteiger partial charge in [0.1, 0.15) is 0 Å². The number of halogens is 1. The second-order valence-corrected chi connectivity index (χ2v) is 5.17. The van der Waals surface area contributed by atoms with Crippen LogP contribution in [-0.4, -0.2) is 4.57 Å². The minimum absolute atomic E-state index is 0.201. The van der Waals surface area contributed by atoms with Gasteiger partial charge in [0.05, 0.1) is 21.8 Å². The SMILES string of the molecule is Cc1cc(C#N)ccc1Cn1cc(N)c(=O)c(Br)c1. The van der Waals surface area contributed by atoms with Crippen LogP contribution in [0.1, 0.15) is 16.7 Å². The van der Waals surface area contributed by atoms with Gasteiger partial charge in [-0.25, -0.2) is 0 Å². The maximum absolute atomic E-state index is 11.5. The Balaban J connectivity index is 2.37. The summed E-state index contributed by atoms with van der Waals surface area (Å²) in [7, 11) is 0. The Morgan fingerprint density at radius 2 is 2.16 bits per heavy atom. The largest absolute Gasteiger partial charge is 0.394 e. The molecule has 0 unspecified atom stereocenters. The van der Waals surface area contributed by atoms with E-state index in [2.05, 4.69) is 22.0 Å². The summed E-state index contributed by atoms with van der Waals surface area (Å²) in [6, 6.07) is 7.65. The summed E-state index contributed by atoms with van der Waals surface area (Å²) in [6.07, 6.45) is 3.32. The van der Waals surface area contributed by atoms with Gasteiger partial charge in [-0.1, -0.05) is 6.07 Å². The summed E-state index contributed by atoms with van der Waals surface area (Å²) < 4.78 is 2.29. The van der Waals surface area contributed by atoms with Crippen molar-refractivity contribution in [3.05, 3.63) is 62.0 Å². The van der Waals surface area contributed by atoms with E-state index >= 15 is 0 Å². The molecule has 1 aromatic heterocycles. The van der Waals surface area contributed by atoms with Gasteiger partial charge in [0.25, 0.3) is 0 Å². The van der Waals surface area contributed by atoms with Crippen molar-refractivity contribution in [2.24, 2.45) is 0 Å². The van der Waals surface area contributed by atoms with E-state index in [0.717, 1.165) is 11.1 Å². The molecule has 19 heavy (non-hydrogen) atoms. The van der Waals surface area contributed by atoms with Gasteiger partial charge in [-0.05, 0) is 46.1 Å². The molecule has 0 atom stereocenters. The maximum Gasteiger partial charge on any atom is 0.218 e. The number of hydrogen-bond donors (Lipinski definition) is 1. The second-order valence-electron chi connectivity index (χ2n) is 4.32. The van der Waals surface area contributed by atoms with Gasteiger partial charge >= 0.3 is 0 Å². The molecule has 0 saturated heterocycles. The van der Waals surface area contributed by atoms with Crippen molar-refractivity contribution in [2.45, 2.75) is 13.5 Å². The third-order valence-electron chi connectivity index (χ3n) is 2.89. The van der Waals surface area contributed by atoms with Crippen LogP contribution in [0.4, 0.5) is 5.69 Å². The molecule has 1 heterocycles. The predicted octanol–water partition coefficient (Wildman–Crippen LogP) is 2.42. The fourth-order valence-corrected chi connectivity index (χ4v) is 2.34. The van der Waals surface area contributed by atoms with Crippen molar-refractivity contribution >= 4 is 21.6 Å². The quantitative estimate of drug-likeness (QED) is 0.924. The van der Waals surface area contributed by atoms with Crippen LogP contribution in [-0.2, 0) is 6.54 Å². The average Bonchev–Trinajstić information content (AvgIpc) is 2.38. The molecule has 2 N–H and O–H groups in total. The molecule has 0 aliphatic heterocycles. The first-order valence-electron chi connectivity index (χ1n) is 5.66. The number of hydrogen-bond acceptors (Lipinski definition) is 3. The maximum atomic E-state index is 11.5. The number of anilines is 1. The highest BCUT2D eigenvalue weighted by Gasteiger charge is 2.05. The number of nitrogens with two attached hydrogens (primary N) is 1. The fraction of sp³-hybridized carbons (Fsp3) is 0.143. The molecule has 4 nitrogen and oxygen atoms in total. The molecular formula is C14H12BrN3O. The van der Waals surface area contributed by atoms with Gasteiger partial charge in [0.15, 0.2) is 0 Å². The van der Waals surface area contributed by atoms with E-state index in [1.54, 1.807) is 18.5 Å². The molecule has 0 spiro atoms. The van der Waals surface area contributed by atoms with Crippen molar-refractivity contribution in [2.75, 3.05) is 5.73 Å². The Morgan fingerprint density at radius 3 is 2.74 bits per heavy atom. The molecule has 0 aliphatic carbocycles. The number of nitrogens with zero attached hydrogens (tertiary/aromatic N) is 2. The van der Waals surface area contributed by atoms with E-state index in [4.69, 9.17) is 11.0 Å². The average molecular weight is 318 g/mol. The third-order valence-corrected chi connectivity index (χ3v) is 3.45. The van der Waals surface area contributed by atoms with Crippen LogP contribution in [0.15, 0.2) is 39.9 Å². The van der Waals surface area contributed by atoms with Crippen molar-refractivity contribution in [3.8, 4) is 6.07 Å². The lowest BCUT2D eigenvalue weighted by atomic mass is 10.1. The molecule has 0 fully saturated rings. The van der Waals surface area contributed by atoms with E-state index in [0.29, 0.717) is 16.6 Å². The minimum atomic E-state index is -0.201. The smallest absolute Gasteiger partial charge is 0.218 e. The lowest BCUT2D eigenvalue weighted by Gasteiger charge is -2.11. The Kier molecular flexibility index (Phi) is 3.72. The molecule has 2 rings (SSSR count). The van der Waals surface area contributed by atoms with Crippen LogP contribution in [0, 0.1) is 18.3 Å². The van der Waals surface area contributed by atoms with Crippen molar-refractivity contribution in [1.29, 1.82) is 5.26 Å². The lowest BCUT2D eigenvalue weighted by Crippen LogP contribution is -2.13. The molecule has 0 amide bonds. The van der Waals surface area contributed by atoms with Crippen LogP contribution in [0.3, 0.4) is 0 Å². The van der Waals surface area contributed by atoms with Crippen LogP contribution in [0.5, 0.6) is 0 Å². The monoisotopic (exact) mass is 317 g/mol. The first-order valence-corrected chi connectivity index (χ1v) is 6.45. The number of nitrogen functional groups attached to an aromatic ring is 1. The zero-order valence-electron chi connectivity index (χ0n) is 10.4. The number of rotatable bonds is 2. The van der Waals surface area contributed by atoms with Gasteiger partial charge in [-0.2, -0.15) is 5.26 Å². The van der Waals surface area contributed by atoms with E-state index in [1.165, 1.54) is 0 Å². The third kappa shape index (κ3) is 2.85. The predicted molar refractivity (Wildman–Crippen MR) is 77.8 cm³/mol. The van der Waals surface area contributed by atoms with E-state index in [9.17, 15) is 4.79 Å². The highest BCUT2D eigenvalue weighted by molar-refractivity contribution is 9.10. The zero-order chi connectivity index (χ0) is 14.0. The standard InChI is InChI=1S/C14H12BrN3O/c1-9-4-10(5-16)2-3-11(9)6-18-7-12(15)14(19)13(17)8-18/h2-4,7-8H,6,17H2,1H3. The van der Waals surface area contributed by atoms with E-state index in [-0.39, 0.29) is 11.1 Å². The zero-order valence-corrected chi connectivity index (χ0v) is 11.9. The number of nitriles is 1. The highest BCUT2D eigenvalue weighted by Crippen LogP contribution is 2.14. The first kappa shape index (κ1) is 13.4. The normalized spacial score (nSPS) is 10.2. The number of benzene rings is 1. The molecular weight excluding hydrogens is 306 g/mol. The van der Waals surface area contributed by atoms with Gasteiger partial charge in [0, 0.05) is 18.9 Å². The Hall–Kier alpha value is -2.06. The van der Waals surface area contributed by atoms with Crippen molar-refractivity contribution in [3.63, 3.8) is 0 Å². The van der Waals surface area contributed by atoms with Gasteiger partial charge < -0.3 is 10.3 Å². The van der Waals surface area contributed by atoms with Crippen LogP contribution in [0.2, 0.25) is 0 Å². The van der Waals surface area contributed by atoms with Crippen molar-refractivity contribution in [1.82, 2.24) is 4.57 Å². The van der Waals surface area contributed by atoms with Crippen molar-refractivity contribution < 1.29 is 0 Å². The van der Waals surface area contributed by atoms with Crippen LogP contribution < -0.4 is 11.2 Å². The second kappa shape index (κ2) is 5.29. The van der Waals surface area contributed by atoms with Gasteiger partial charge in [-0.15, -0.1) is 0 Å². The summed E-state index contributed by atoms with van der Waals surface area (Å²) in [4.78, 5) is 11.5. The summed E-state index contributed by atoms with van der Waals surface area (Å²) in [5, 5.41) is 8.83. The summed E-state index contributed by atoms with van der Waals surface area (Å²) >= 11 is 3.20.